The van der Waals surface area contributed by atoms with Gasteiger partial charge in [0.15, 0.2) is 11.6 Å². The first-order valence-electron chi connectivity index (χ1n) is 13.3. The third-order valence-corrected chi connectivity index (χ3v) is 8.65. The van der Waals surface area contributed by atoms with Gasteiger partial charge in [0.05, 0.1) is 23.2 Å². The first-order chi connectivity index (χ1) is 18.9. The van der Waals surface area contributed by atoms with Gasteiger partial charge in [0, 0.05) is 18.2 Å². The lowest BCUT2D eigenvalue weighted by atomic mass is 9.76. The molecular weight excluding hydrogens is 537 g/mol. The number of carbonyl (C=O) groups is 2. The highest BCUT2D eigenvalue weighted by Crippen LogP contribution is 2.52. The van der Waals surface area contributed by atoms with Crippen LogP contribution in [0.4, 0.5) is 17.3 Å². The summed E-state index contributed by atoms with van der Waals surface area (Å²) in [7, 11) is 1.64. The monoisotopic (exact) mass is 565 g/mol. The number of ether oxygens (including phenoxy) is 1. The maximum absolute atomic E-state index is 13.9. The predicted octanol–water partition coefficient (Wildman–Crippen LogP) is 6.70. The van der Waals surface area contributed by atoms with Crippen molar-refractivity contribution >= 4 is 52.3 Å². The van der Waals surface area contributed by atoms with Gasteiger partial charge in [-0.15, -0.1) is 0 Å². The first kappa shape index (κ1) is 25.9. The van der Waals surface area contributed by atoms with Gasteiger partial charge in [-0.05, 0) is 61.1 Å². The second-order valence-corrected chi connectivity index (χ2v) is 11.3. The summed E-state index contributed by atoms with van der Waals surface area (Å²) in [5, 5.41) is 6.64. The largest absolute Gasteiger partial charge is 0.497 e. The molecule has 8 nitrogen and oxygen atoms in total. The molecule has 1 spiro atoms. The second-order valence-electron chi connectivity index (χ2n) is 10.5. The average Bonchev–Trinajstić information content (AvgIpc) is 3.77. The summed E-state index contributed by atoms with van der Waals surface area (Å²) in [6, 6.07) is 11.6. The summed E-state index contributed by atoms with van der Waals surface area (Å²) in [6.45, 7) is 0.485. The molecule has 3 aliphatic rings. The van der Waals surface area contributed by atoms with Crippen molar-refractivity contribution in [2.45, 2.75) is 57.0 Å². The molecule has 39 heavy (non-hydrogen) atoms. The van der Waals surface area contributed by atoms with Crippen molar-refractivity contribution in [3.63, 3.8) is 0 Å². The van der Waals surface area contributed by atoms with Gasteiger partial charge in [0.1, 0.15) is 17.1 Å². The van der Waals surface area contributed by atoms with Crippen LogP contribution >= 0.6 is 23.2 Å². The Labute approximate surface area is 237 Å². The average molecular weight is 566 g/mol. The van der Waals surface area contributed by atoms with Crippen molar-refractivity contribution < 1.29 is 14.3 Å². The van der Waals surface area contributed by atoms with Gasteiger partial charge < -0.3 is 20.3 Å². The maximum atomic E-state index is 13.9. The number of hydrogen-bond donors (Lipinski definition) is 2. The molecular formula is C29H29Cl2N5O3. The third-order valence-electron chi connectivity index (χ3n) is 7.99. The molecule has 6 rings (SSSR count). The van der Waals surface area contributed by atoms with Crippen molar-refractivity contribution in [1.29, 1.82) is 0 Å². The molecule has 2 heterocycles. The van der Waals surface area contributed by atoms with Gasteiger partial charge in [0.25, 0.3) is 5.91 Å². The van der Waals surface area contributed by atoms with E-state index >= 15 is 0 Å². The van der Waals surface area contributed by atoms with E-state index in [1.807, 2.05) is 35.2 Å². The van der Waals surface area contributed by atoms with Crippen molar-refractivity contribution in [2.75, 3.05) is 17.7 Å². The van der Waals surface area contributed by atoms with Gasteiger partial charge >= 0.3 is 0 Å². The Bertz CT molecular complexity index is 1440. The van der Waals surface area contributed by atoms with Gasteiger partial charge in [-0.25, -0.2) is 9.97 Å². The maximum Gasteiger partial charge on any atom is 0.256 e. The number of aromatic nitrogens is 2. The molecule has 0 bridgehead atoms. The molecule has 2 N–H and O–H groups in total. The minimum atomic E-state index is -0.440. The lowest BCUT2D eigenvalue weighted by molar-refractivity contribution is -0.117. The molecule has 1 aliphatic heterocycles. The van der Waals surface area contributed by atoms with E-state index < -0.39 is 5.54 Å². The molecule has 2 aromatic carbocycles. The van der Waals surface area contributed by atoms with Crippen molar-refractivity contribution in [3.05, 3.63) is 69.5 Å². The summed E-state index contributed by atoms with van der Waals surface area (Å²) < 4.78 is 5.30. The minimum Gasteiger partial charge on any atom is -0.497 e. The Morgan fingerprint density at radius 2 is 1.79 bits per heavy atom. The van der Waals surface area contributed by atoms with Gasteiger partial charge in [-0.1, -0.05) is 54.6 Å². The smallest absolute Gasteiger partial charge is 0.256 e. The molecule has 10 heteroatoms. The molecule has 3 aromatic rings. The molecule has 0 unspecified atom stereocenters. The Morgan fingerprint density at radius 1 is 1.08 bits per heavy atom. The van der Waals surface area contributed by atoms with Crippen LogP contribution in [0.25, 0.3) is 0 Å². The zero-order chi connectivity index (χ0) is 27.1. The van der Waals surface area contributed by atoms with Crippen LogP contribution in [0.3, 0.4) is 0 Å². The number of halogens is 2. The molecule has 202 valence electrons. The predicted molar refractivity (Wildman–Crippen MR) is 151 cm³/mol. The Kier molecular flexibility index (Phi) is 6.85. The Hall–Kier alpha value is -3.36. The van der Waals surface area contributed by atoms with Crippen LogP contribution in [0.2, 0.25) is 10.0 Å². The fourth-order valence-electron chi connectivity index (χ4n) is 5.80. The van der Waals surface area contributed by atoms with E-state index in [2.05, 4.69) is 20.6 Å². The number of methoxy groups -OCH3 is 1. The van der Waals surface area contributed by atoms with E-state index in [-0.39, 0.29) is 28.6 Å². The van der Waals surface area contributed by atoms with E-state index in [0.717, 1.165) is 61.8 Å². The number of hydrogen-bond acceptors (Lipinski definition) is 6. The van der Waals surface area contributed by atoms with E-state index in [1.165, 1.54) is 6.33 Å². The van der Waals surface area contributed by atoms with Crippen LogP contribution in [0.15, 0.2) is 42.7 Å². The van der Waals surface area contributed by atoms with Crippen LogP contribution in [0, 0.1) is 5.92 Å². The topological polar surface area (TPSA) is 96.4 Å². The number of amides is 2. The van der Waals surface area contributed by atoms with Crippen LogP contribution in [-0.4, -0.2) is 33.8 Å². The lowest BCUT2D eigenvalue weighted by Crippen LogP contribution is -2.44. The van der Waals surface area contributed by atoms with Gasteiger partial charge in [0.2, 0.25) is 5.91 Å². The summed E-state index contributed by atoms with van der Waals surface area (Å²) in [5.41, 5.74) is 2.75. The zero-order valence-electron chi connectivity index (χ0n) is 21.6. The Balaban J connectivity index is 1.33. The summed E-state index contributed by atoms with van der Waals surface area (Å²) in [6.07, 6.45) is 8.05. The number of nitrogens with zero attached hydrogens (tertiary/aromatic N) is 3. The van der Waals surface area contributed by atoms with Crippen molar-refractivity contribution in [1.82, 2.24) is 14.9 Å². The van der Waals surface area contributed by atoms with E-state index in [4.69, 9.17) is 27.9 Å². The third kappa shape index (κ3) is 4.80. The standard InChI is InChI=1S/C29H29Cl2N5O3/c1-39-20-9-5-17(6-10-20)15-36-28(38)23-21(29(36)11-3-2-4-12-29)13-19(14-22(23)30)34-25-24(31)26(33-16-32-25)35-27(37)18-7-8-18/h5-6,9-10,13-14,16,18H,2-4,7-8,11-12,15H2,1H3,(H2,32,33,34,35,37). The fourth-order valence-corrected chi connectivity index (χ4v) is 6.29. The molecule has 0 saturated heterocycles. The molecule has 2 fully saturated rings. The van der Waals surface area contributed by atoms with E-state index in [0.29, 0.717) is 28.6 Å². The molecule has 1 aromatic heterocycles. The number of carbonyl (C=O) groups excluding carboxylic acids is 2. The highest BCUT2D eigenvalue weighted by Gasteiger charge is 2.50. The number of nitrogens with one attached hydrogen (secondary N) is 2. The van der Waals surface area contributed by atoms with Crippen LogP contribution in [0.5, 0.6) is 5.75 Å². The number of benzene rings is 2. The van der Waals surface area contributed by atoms with Crippen LogP contribution in [0.1, 0.15) is 66.4 Å². The first-order valence-corrected chi connectivity index (χ1v) is 14.0. The molecule has 2 saturated carbocycles. The summed E-state index contributed by atoms with van der Waals surface area (Å²) >= 11 is 13.4. The van der Waals surface area contributed by atoms with E-state index in [9.17, 15) is 9.59 Å². The van der Waals surface area contributed by atoms with Gasteiger partial charge in [-0.3, -0.25) is 9.59 Å². The summed E-state index contributed by atoms with van der Waals surface area (Å²) in [5.74, 6) is 1.28. The van der Waals surface area contributed by atoms with Crippen molar-refractivity contribution in [3.8, 4) is 5.75 Å². The number of fused-ring (bicyclic) bond motifs is 2. The normalized spacial score (nSPS) is 17.7. The number of anilines is 3. The van der Waals surface area contributed by atoms with E-state index in [1.54, 1.807) is 13.2 Å². The minimum absolute atomic E-state index is 0.0213. The quantitative estimate of drug-likeness (QED) is 0.331. The molecule has 2 amide bonds. The highest BCUT2D eigenvalue weighted by molar-refractivity contribution is 6.36. The zero-order valence-corrected chi connectivity index (χ0v) is 23.1. The second kappa shape index (κ2) is 10.3. The van der Waals surface area contributed by atoms with Crippen LogP contribution < -0.4 is 15.4 Å². The number of rotatable bonds is 7. The van der Waals surface area contributed by atoms with Crippen LogP contribution in [-0.2, 0) is 16.9 Å². The van der Waals surface area contributed by atoms with Crippen molar-refractivity contribution in [2.24, 2.45) is 5.92 Å². The van der Waals surface area contributed by atoms with Gasteiger partial charge in [-0.2, -0.15) is 0 Å². The molecule has 0 atom stereocenters. The molecule has 2 aliphatic carbocycles. The molecule has 0 radical (unpaired) electrons. The lowest BCUT2D eigenvalue weighted by Gasteiger charge is -2.42. The SMILES string of the molecule is COc1ccc(CN2C(=O)c3c(Cl)cc(Nc4ncnc(NC(=O)C5CC5)c4Cl)cc3C23CCCCC3)cc1. The fraction of sp³-hybridized carbons (Fsp3) is 0.379. The summed E-state index contributed by atoms with van der Waals surface area (Å²) in [4.78, 5) is 36.6. The Morgan fingerprint density at radius 3 is 2.49 bits per heavy atom. The highest BCUT2D eigenvalue weighted by atomic mass is 35.5.